The first-order chi connectivity index (χ1) is 13.7. The van der Waals surface area contributed by atoms with Crippen LogP contribution in [0.5, 0.6) is 0 Å². The number of ether oxygens (including phenoxy) is 5. The van der Waals surface area contributed by atoms with Gasteiger partial charge in [-0.1, -0.05) is 60.7 Å². The molecule has 0 amide bonds. The van der Waals surface area contributed by atoms with Gasteiger partial charge in [-0.15, -0.1) is 0 Å². The number of methoxy groups -OCH3 is 1. The second kappa shape index (κ2) is 8.67. The third-order valence-electron chi connectivity index (χ3n) is 5.00. The molecule has 2 aromatic carbocycles. The van der Waals surface area contributed by atoms with E-state index in [1.54, 1.807) is 0 Å². The first kappa shape index (κ1) is 19.5. The number of aliphatic hydroxyl groups is 2. The average molecular weight is 388 g/mol. The van der Waals surface area contributed by atoms with Crippen LogP contribution in [0.3, 0.4) is 0 Å². The molecule has 150 valence electrons. The Hall–Kier alpha value is -1.84. The molecule has 2 N–H and O–H groups in total. The van der Waals surface area contributed by atoms with Crippen LogP contribution < -0.4 is 0 Å². The van der Waals surface area contributed by atoms with Crippen molar-refractivity contribution in [3.05, 3.63) is 71.8 Å². The van der Waals surface area contributed by atoms with E-state index in [9.17, 15) is 10.2 Å². The van der Waals surface area contributed by atoms with Crippen molar-refractivity contribution in [3.8, 4) is 0 Å². The highest BCUT2D eigenvalue weighted by molar-refractivity contribution is 5.18. The number of aliphatic hydroxyl groups excluding tert-OH is 2. The molecule has 0 aromatic heterocycles. The smallest absolute Gasteiger partial charge is 0.185 e. The van der Waals surface area contributed by atoms with Gasteiger partial charge in [0.1, 0.15) is 24.4 Å². The molecule has 0 bridgehead atoms. The van der Waals surface area contributed by atoms with Gasteiger partial charge >= 0.3 is 0 Å². The Bertz CT molecular complexity index is 733. The highest BCUT2D eigenvalue weighted by atomic mass is 16.8. The first-order valence-electron chi connectivity index (χ1n) is 9.24. The van der Waals surface area contributed by atoms with E-state index in [1.807, 2.05) is 60.7 Å². The van der Waals surface area contributed by atoms with Crippen molar-refractivity contribution in [2.45, 2.75) is 43.3 Å². The molecule has 0 radical (unpaired) electrons. The molecular formula is C21H24O7. The van der Waals surface area contributed by atoms with Crippen molar-refractivity contribution >= 4 is 0 Å². The fraction of sp³-hybridized carbons (Fsp3) is 0.429. The third-order valence-corrected chi connectivity index (χ3v) is 5.00. The minimum atomic E-state index is -1.23. The van der Waals surface area contributed by atoms with Crippen LogP contribution in [0, 0.1) is 0 Å². The van der Waals surface area contributed by atoms with Crippen molar-refractivity contribution in [3.63, 3.8) is 0 Å². The molecule has 0 spiro atoms. The topological polar surface area (TPSA) is 86.6 Å². The number of rotatable bonds is 5. The summed E-state index contributed by atoms with van der Waals surface area (Å²) >= 11 is 0. The second-order valence-electron chi connectivity index (χ2n) is 6.77. The van der Waals surface area contributed by atoms with Crippen LogP contribution >= 0.6 is 0 Å². The van der Waals surface area contributed by atoms with Gasteiger partial charge in [0.25, 0.3) is 0 Å². The normalized spacial score (nSPS) is 33.8. The Morgan fingerprint density at radius 3 is 1.89 bits per heavy atom. The molecule has 0 aliphatic carbocycles. The van der Waals surface area contributed by atoms with E-state index in [0.29, 0.717) is 0 Å². The van der Waals surface area contributed by atoms with Gasteiger partial charge in [0, 0.05) is 18.2 Å². The fourth-order valence-corrected chi connectivity index (χ4v) is 3.57. The lowest BCUT2D eigenvalue weighted by atomic mass is 9.98. The minimum absolute atomic E-state index is 0.259. The zero-order valence-electron chi connectivity index (χ0n) is 15.5. The maximum Gasteiger partial charge on any atom is 0.185 e. The lowest BCUT2D eigenvalue weighted by molar-refractivity contribution is -0.403. The zero-order chi connectivity index (χ0) is 19.5. The largest absolute Gasteiger partial charge is 0.394 e. The zero-order valence-corrected chi connectivity index (χ0v) is 15.5. The van der Waals surface area contributed by atoms with Gasteiger partial charge in [-0.3, -0.25) is 0 Å². The molecule has 2 heterocycles. The van der Waals surface area contributed by atoms with E-state index in [4.69, 9.17) is 23.7 Å². The molecular weight excluding hydrogens is 364 g/mol. The van der Waals surface area contributed by atoms with Gasteiger partial charge in [-0.05, 0) is 0 Å². The van der Waals surface area contributed by atoms with Crippen LogP contribution in [0.2, 0.25) is 0 Å². The summed E-state index contributed by atoms with van der Waals surface area (Å²) < 4.78 is 29.3. The Balaban J connectivity index is 1.63. The minimum Gasteiger partial charge on any atom is -0.394 e. The highest BCUT2D eigenvalue weighted by Gasteiger charge is 2.52. The lowest BCUT2D eigenvalue weighted by Crippen LogP contribution is -2.61. The SMILES string of the molecule is CO[C@@H](O)[C@H]1O[C@@H](c2ccccc2)O[C@H]2[C@@H]1O[C@@H](c1ccccc1)O[C@H]2CO. The van der Waals surface area contributed by atoms with Gasteiger partial charge in [-0.2, -0.15) is 0 Å². The van der Waals surface area contributed by atoms with E-state index in [-0.39, 0.29) is 6.61 Å². The van der Waals surface area contributed by atoms with E-state index in [1.165, 1.54) is 7.11 Å². The highest BCUT2D eigenvalue weighted by Crippen LogP contribution is 2.41. The number of hydrogen-bond donors (Lipinski definition) is 2. The molecule has 2 aliphatic heterocycles. The van der Waals surface area contributed by atoms with E-state index < -0.39 is 43.3 Å². The summed E-state index contributed by atoms with van der Waals surface area (Å²) in [5.74, 6) is 0. The van der Waals surface area contributed by atoms with Gasteiger partial charge in [-0.25, -0.2) is 0 Å². The summed E-state index contributed by atoms with van der Waals surface area (Å²) in [7, 11) is 1.40. The van der Waals surface area contributed by atoms with Crippen LogP contribution in [0.1, 0.15) is 23.7 Å². The molecule has 2 fully saturated rings. The molecule has 0 saturated carbocycles. The molecule has 2 saturated heterocycles. The first-order valence-corrected chi connectivity index (χ1v) is 9.24. The van der Waals surface area contributed by atoms with Crippen LogP contribution in [-0.2, 0) is 23.7 Å². The number of fused-ring (bicyclic) bond motifs is 1. The van der Waals surface area contributed by atoms with Gasteiger partial charge in [0.15, 0.2) is 18.9 Å². The summed E-state index contributed by atoms with van der Waals surface area (Å²) in [5, 5.41) is 20.4. The maximum atomic E-state index is 10.4. The molecule has 2 aromatic rings. The number of hydrogen-bond acceptors (Lipinski definition) is 7. The molecule has 7 nitrogen and oxygen atoms in total. The molecule has 2 aliphatic rings. The standard InChI is InChI=1S/C21H24O7/c1-24-19(23)18-17-16(26-21(28-18)14-10-6-3-7-11-14)15(12-22)25-20(27-17)13-8-4-2-5-9-13/h2-11,15-23H,12H2,1H3/t15-,16+,17-,18-,19+,20-,21-/m0/s1. The molecule has 7 heteroatoms. The predicted molar refractivity (Wildman–Crippen MR) is 98.0 cm³/mol. The van der Waals surface area contributed by atoms with E-state index in [0.717, 1.165) is 11.1 Å². The quantitative estimate of drug-likeness (QED) is 0.757. The lowest BCUT2D eigenvalue weighted by Gasteiger charge is -2.49. The molecule has 4 rings (SSSR count). The van der Waals surface area contributed by atoms with Crippen molar-refractivity contribution in [1.82, 2.24) is 0 Å². The van der Waals surface area contributed by atoms with Crippen LogP contribution in [0.25, 0.3) is 0 Å². The van der Waals surface area contributed by atoms with Crippen LogP contribution in [0.4, 0.5) is 0 Å². The van der Waals surface area contributed by atoms with Crippen molar-refractivity contribution in [1.29, 1.82) is 0 Å². The molecule has 0 unspecified atom stereocenters. The summed E-state index contributed by atoms with van der Waals surface area (Å²) in [6.07, 6.45) is -5.48. The average Bonchev–Trinajstić information content (AvgIpc) is 2.78. The van der Waals surface area contributed by atoms with Crippen molar-refractivity contribution in [2.75, 3.05) is 13.7 Å². The second-order valence-corrected chi connectivity index (χ2v) is 6.77. The summed E-state index contributed by atoms with van der Waals surface area (Å²) in [4.78, 5) is 0. The molecule has 7 atom stereocenters. The van der Waals surface area contributed by atoms with Crippen molar-refractivity contribution < 1.29 is 33.9 Å². The predicted octanol–water partition coefficient (Wildman–Crippen LogP) is 1.91. The van der Waals surface area contributed by atoms with Gasteiger partial charge < -0.3 is 33.9 Å². The summed E-state index contributed by atoms with van der Waals surface area (Å²) in [5.41, 5.74) is 1.59. The number of benzene rings is 2. The molecule has 28 heavy (non-hydrogen) atoms. The Morgan fingerprint density at radius 1 is 0.821 bits per heavy atom. The Labute approximate surface area is 163 Å². The van der Waals surface area contributed by atoms with E-state index >= 15 is 0 Å². The van der Waals surface area contributed by atoms with Gasteiger partial charge in [0.05, 0.1) is 6.61 Å². The Kier molecular flexibility index (Phi) is 6.03. The monoisotopic (exact) mass is 388 g/mol. The maximum absolute atomic E-state index is 10.4. The van der Waals surface area contributed by atoms with E-state index in [2.05, 4.69) is 0 Å². The van der Waals surface area contributed by atoms with Crippen LogP contribution in [-0.4, -0.2) is 54.6 Å². The van der Waals surface area contributed by atoms with Gasteiger partial charge in [0.2, 0.25) is 0 Å². The fourth-order valence-electron chi connectivity index (χ4n) is 3.57. The van der Waals surface area contributed by atoms with Crippen molar-refractivity contribution in [2.24, 2.45) is 0 Å². The third kappa shape index (κ3) is 3.83. The van der Waals surface area contributed by atoms with Crippen LogP contribution in [0.15, 0.2) is 60.7 Å². The summed E-state index contributed by atoms with van der Waals surface area (Å²) in [6, 6.07) is 18.8. The Morgan fingerprint density at radius 2 is 1.36 bits per heavy atom. The summed E-state index contributed by atoms with van der Waals surface area (Å²) in [6.45, 7) is -0.259.